The van der Waals surface area contributed by atoms with E-state index in [1.54, 1.807) is 19.2 Å². The lowest BCUT2D eigenvalue weighted by atomic mass is 10.1. The number of morpholine rings is 1. The lowest BCUT2D eigenvalue weighted by molar-refractivity contribution is -0.0330. The van der Waals surface area contributed by atoms with E-state index in [9.17, 15) is 4.39 Å². The van der Waals surface area contributed by atoms with Crippen molar-refractivity contribution in [1.29, 1.82) is 0 Å². The van der Waals surface area contributed by atoms with E-state index in [4.69, 9.17) is 9.47 Å². The molecule has 22 heavy (non-hydrogen) atoms. The van der Waals surface area contributed by atoms with Gasteiger partial charge in [-0.15, -0.1) is 0 Å². The van der Waals surface area contributed by atoms with E-state index in [0.717, 1.165) is 30.9 Å². The van der Waals surface area contributed by atoms with Crippen LogP contribution in [0, 0.1) is 5.82 Å². The molecule has 1 aliphatic rings. The van der Waals surface area contributed by atoms with Crippen LogP contribution in [0.5, 0.6) is 5.75 Å². The van der Waals surface area contributed by atoms with Gasteiger partial charge in [0, 0.05) is 19.6 Å². The number of nitrogens with zero attached hydrogens (tertiary/aromatic N) is 1. The minimum atomic E-state index is -0.214. The van der Waals surface area contributed by atoms with Crippen molar-refractivity contribution in [3.8, 4) is 5.75 Å². The average Bonchev–Trinajstić information content (AvgIpc) is 2.56. The molecule has 2 aromatic carbocycles. The van der Waals surface area contributed by atoms with Crippen molar-refractivity contribution in [3.63, 3.8) is 0 Å². The van der Waals surface area contributed by atoms with E-state index in [-0.39, 0.29) is 11.9 Å². The molecule has 1 atom stereocenters. The monoisotopic (exact) mass is 301 g/mol. The standard InChI is InChI=1S/C18H20FNO2/c1-21-17-7-5-14(6-8-17)12-20-9-10-22-18(13-20)15-3-2-4-16(19)11-15/h2-8,11,18H,9-10,12-13H2,1H3/t18-/m1/s1. The summed E-state index contributed by atoms with van der Waals surface area (Å²) in [6, 6.07) is 14.8. The molecule has 0 bridgehead atoms. The molecule has 2 aromatic rings. The van der Waals surface area contributed by atoms with E-state index < -0.39 is 0 Å². The molecule has 116 valence electrons. The third-order valence-corrected chi connectivity index (χ3v) is 3.94. The Hall–Kier alpha value is -1.91. The summed E-state index contributed by atoms with van der Waals surface area (Å²) in [4.78, 5) is 2.33. The van der Waals surface area contributed by atoms with Crippen LogP contribution in [0.1, 0.15) is 17.2 Å². The van der Waals surface area contributed by atoms with Crippen LogP contribution in [0.2, 0.25) is 0 Å². The molecule has 1 saturated heterocycles. The molecule has 0 unspecified atom stereocenters. The van der Waals surface area contributed by atoms with Gasteiger partial charge in [-0.3, -0.25) is 4.90 Å². The maximum absolute atomic E-state index is 13.4. The molecule has 0 aromatic heterocycles. The predicted octanol–water partition coefficient (Wildman–Crippen LogP) is 3.41. The lowest BCUT2D eigenvalue weighted by Crippen LogP contribution is -2.37. The van der Waals surface area contributed by atoms with E-state index in [2.05, 4.69) is 17.0 Å². The van der Waals surface area contributed by atoms with E-state index in [0.29, 0.717) is 6.61 Å². The smallest absolute Gasteiger partial charge is 0.123 e. The fourth-order valence-electron chi connectivity index (χ4n) is 2.74. The molecule has 0 radical (unpaired) electrons. The zero-order valence-corrected chi connectivity index (χ0v) is 12.7. The first kappa shape index (κ1) is 15.0. The number of halogens is 1. The first-order valence-electron chi connectivity index (χ1n) is 7.47. The minimum Gasteiger partial charge on any atom is -0.497 e. The fourth-order valence-corrected chi connectivity index (χ4v) is 2.74. The molecule has 3 nitrogen and oxygen atoms in total. The molecule has 4 heteroatoms. The first-order chi connectivity index (χ1) is 10.7. The Morgan fingerprint density at radius 3 is 2.77 bits per heavy atom. The van der Waals surface area contributed by atoms with E-state index >= 15 is 0 Å². The zero-order chi connectivity index (χ0) is 15.4. The molecule has 0 N–H and O–H groups in total. The Bertz CT molecular complexity index is 615. The van der Waals surface area contributed by atoms with Gasteiger partial charge in [0.05, 0.1) is 19.8 Å². The van der Waals surface area contributed by atoms with Crippen molar-refractivity contribution in [2.24, 2.45) is 0 Å². The molecule has 0 saturated carbocycles. The van der Waals surface area contributed by atoms with Crippen molar-refractivity contribution in [2.75, 3.05) is 26.8 Å². The van der Waals surface area contributed by atoms with Gasteiger partial charge in [-0.25, -0.2) is 4.39 Å². The number of hydrogen-bond donors (Lipinski definition) is 0. The number of methoxy groups -OCH3 is 1. The van der Waals surface area contributed by atoms with Crippen LogP contribution in [-0.2, 0) is 11.3 Å². The SMILES string of the molecule is COc1ccc(CN2CCO[C@@H](c3cccc(F)c3)C2)cc1. The molecular weight excluding hydrogens is 281 g/mol. The normalized spacial score (nSPS) is 19.1. The van der Waals surface area contributed by atoms with Crippen LogP contribution in [0.15, 0.2) is 48.5 Å². The van der Waals surface area contributed by atoms with Gasteiger partial charge in [0.2, 0.25) is 0 Å². The van der Waals surface area contributed by atoms with Crippen molar-refractivity contribution >= 4 is 0 Å². The van der Waals surface area contributed by atoms with Gasteiger partial charge < -0.3 is 9.47 Å². The quantitative estimate of drug-likeness (QED) is 0.864. The van der Waals surface area contributed by atoms with Crippen LogP contribution >= 0.6 is 0 Å². The number of rotatable bonds is 4. The van der Waals surface area contributed by atoms with Crippen LogP contribution in [0.25, 0.3) is 0 Å². The molecule has 0 amide bonds. The van der Waals surface area contributed by atoms with Crippen molar-refractivity contribution in [3.05, 3.63) is 65.5 Å². The maximum Gasteiger partial charge on any atom is 0.123 e. The Labute approximate surface area is 130 Å². The summed E-state index contributed by atoms with van der Waals surface area (Å²) in [5.41, 5.74) is 2.14. The van der Waals surface area contributed by atoms with Crippen LogP contribution in [-0.4, -0.2) is 31.7 Å². The number of benzene rings is 2. The molecule has 1 aliphatic heterocycles. The summed E-state index contributed by atoms with van der Waals surface area (Å²) in [7, 11) is 1.67. The van der Waals surface area contributed by atoms with Crippen molar-refractivity contribution < 1.29 is 13.9 Å². The average molecular weight is 301 g/mol. The summed E-state index contributed by atoms with van der Waals surface area (Å²) >= 11 is 0. The van der Waals surface area contributed by atoms with Gasteiger partial charge in [-0.1, -0.05) is 24.3 Å². The van der Waals surface area contributed by atoms with Crippen LogP contribution < -0.4 is 4.74 Å². The number of ether oxygens (including phenoxy) is 2. The maximum atomic E-state index is 13.4. The summed E-state index contributed by atoms with van der Waals surface area (Å²) in [5.74, 6) is 0.650. The Kier molecular flexibility index (Phi) is 4.71. The Morgan fingerprint density at radius 1 is 1.23 bits per heavy atom. The van der Waals surface area contributed by atoms with Crippen molar-refractivity contribution in [1.82, 2.24) is 4.90 Å². The summed E-state index contributed by atoms with van der Waals surface area (Å²) in [5, 5.41) is 0. The second kappa shape index (κ2) is 6.90. The fraction of sp³-hybridized carbons (Fsp3) is 0.333. The zero-order valence-electron chi connectivity index (χ0n) is 12.7. The molecule has 1 heterocycles. The predicted molar refractivity (Wildman–Crippen MR) is 83.4 cm³/mol. The highest BCUT2D eigenvalue weighted by molar-refractivity contribution is 5.27. The summed E-state index contributed by atoms with van der Waals surface area (Å²) in [6.45, 7) is 3.18. The second-order valence-electron chi connectivity index (χ2n) is 5.50. The van der Waals surface area contributed by atoms with Gasteiger partial charge in [0.1, 0.15) is 11.6 Å². The highest BCUT2D eigenvalue weighted by Crippen LogP contribution is 2.24. The minimum absolute atomic E-state index is 0.0669. The van der Waals surface area contributed by atoms with E-state index in [1.807, 2.05) is 18.2 Å². The molecular formula is C18H20FNO2. The first-order valence-corrected chi connectivity index (χ1v) is 7.47. The topological polar surface area (TPSA) is 21.7 Å². The molecule has 0 spiro atoms. The highest BCUT2D eigenvalue weighted by Gasteiger charge is 2.22. The third kappa shape index (κ3) is 3.64. The van der Waals surface area contributed by atoms with Crippen molar-refractivity contribution in [2.45, 2.75) is 12.6 Å². The highest BCUT2D eigenvalue weighted by atomic mass is 19.1. The van der Waals surface area contributed by atoms with Gasteiger partial charge >= 0.3 is 0 Å². The van der Waals surface area contributed by atoms with Gasteiger partial charge in [0.15, 0.2) is 0 Å². The Morgan fingerprint density at radius 2 is 2.05 bits per heavy atom. The van der Waals surface area contributed by atoms with Gasteiger partial charge in [-0.05, 0) is 35.4 Å². The van der Waals surface area contributed by atoms with E-state index in [1.165, 1.54) is 11.6 Å². The Balaban J connectivity index is 1.65. The second-order valence-corrected chi connectivity index (χ2v) is 5.50. The number of hydrogen-bond acceptors (Lipinski definition) is 3. The van der Waals surface area contributed by atoms with Gasteiger partial charge in [-0.2, -0.15) is 0 Å². The van der Waals surface area contributed by atoms with Crippen LogP contribution in [0.3, 0.4) is 0 Å². The summed E-state index contributed by atoms with van der Waals surface area (Å²) < 4.78 is 24.3. The molecule has 3 rings (SSSR count). The van der Waals surface area contributed by atoms with Gasteiger partial charge in [0.25, 0.3) is 0 Å². The largest absolute Gasteiger partial charge is 0.497 e. The molecule has 0 aliphatic carbocycles. The lowest BCUT2D eigenvalue weighted by Gasteiger charge is -2.33. The van der Waals surface area contributed by atoms with Crippen LogP contribution in [0.4, 0.5) is 4.39 Å². The summed E-state index contributed by atoms with van der Waals surface area (Å²) in [6.07, 6.45) is -0.0669. The third-order valence-electron chi connectivity index (χ3n) is 3.94. The molecule has 1 fully saturated rings.